The molecule has 7 rings (SSSR count). The number of allylic oxidation sites excluding steroid dienone is 1. The molecule has 1 aliphatic heterocycles. The summed E-state index contributed by atoms with van der Waals surface area (Å²) in [5, 5.41) is 24.8. The molecule has 4 aromatic rings. The highest BCUT2D eigenvalue weighted by molar-refractivity contribution is 7.98. The summed E-state index contributed by atoms with van der Waals surface area (Å²) in [5.74, 6) is 0.890. The highest BCUT2D eigenvalue weighted by Gasteiger charge is 2.65. The first kappa shape index (κ1) is 45.0. The van der Waals surface area contributed by atoms with Crippen LogP contribution in [0.3, 0.4) is 0 Å². The predicted molar refractivity (Wildman–Crippen MR) is 244 cm³/mol. The third kappa shape index (κ3) is 10.1. The van der Waals surface area contributed by atoms with E-state index < -0.39 is 17.7 Å². The smallest absolute Gasteiger partial charge is 0.239 e. The number of carbonyl (C=O) groups is 1. The average Bonchev–Trinajstić information content (AvgIpc) is 3.30. The minimum absolute atomic E-state index is 0.0856. The standard InChI is InChI=1S/C51H60N2O8S/c1-5-28-58-51-47(53(2)48(56)30-36-16-13-18-39(29-36)57-3)33-45(52-59-34-35-14-7-6-8-15-35)43-31-37(17-9-11-26-54)42(19-10-12-27-55)49(50(43)51)44-32-40(22-25-46(44)61-51)60-38-20-23-41(62-4)24-21-38/h5-8,13-16,18,20-25,29,31-32,37,42,47,49-50,54-55H,1,9-12,17,19,26-28,30,33-34H2,2-4H3. The highest BCUT2D eigenvalue weighted by Crippen LogP contribution is 2.62. The number of fused-ring (bicyclic) bond motifs is 2. The zero-order valence-electron chi connectivity index (χ0n) is 36.1. The van der Waals surface area contributed by atoms with E-state index in [1.54, 1.807) is 29.8 Å². The van der Waals surface area contributed by atoms with Crippen LogP contribution in [0, 0.1) is 17.8 Å². The SMILES string of the molecule is C=CCOC12Oc3ccc(Oc4ccc(SC)cc4)cc3C3C(CCCCO)C(CCCCO)C=C(C(=NOCc4ccccc4)CC1N(C)C(=O)Cc1cccc(OC)c1)C32. The number of oxime groups is 1. The second kappa shape index (κ2) is 21.3. The second-order valence-electron chi connectivity index (χ2n) is 16.3. The molecule has 328 valence electrons. The summed E-state index contributed by atoms with van der Waals surface area (Å²) in [5.41, 5.74) is 4.54. The maximum Gasteiger partial charge on any atom is 0.239 e. The van der Waals surface area contributed by atoms with Crippen LogP contribution in [-0.4, -0.2) is 78.8 Å². The molecule has 0 spiro atoms. The zero-order valence-corrected chi connectivity index (χ0v) is 36.9. The molecule has 0 aromatic heterocycles. The predicted octanol–water partition coefficient (Wildman–Crippen LogP) is 9.74. The lowest BCUT2D eigenvalue weighted by Crippen LogP contribution is -2.69. The maximum absolute atomic E-state index is 14.6. The van der Waals surface area contributed by atoms with E-state index >= 15 is 0 Å². The van der Waals surface area contributed by atoms with Crippen LogP contribution in [0.5, 0.6) is 23.0 Å². The van der Waals surface area contributed by atoms with E-state index in [1.807, 2.05) is 98.0 Å². The van der Waals surface area contributed by atoms with E-state index in [2.05, 4.69) is 25.0 Å². The Balaban J connectivity index is 1.39. The van der Waals surface area contributed by atoms with Crippen LogP contribution in [0.15, 0.2) is 131 Å². The fourth-order valence-electron chi connectivity index (χ4n) is 9.59. The maximum atomic E-state index is 14.6. The first-order chi connectivity index (χ1) is 30.3. The lowest BCUT2D eigenvalue weighted by Gasteiger charge is -2.59. The van der Waals surface area contributed by atoms with Gasteiger partial charge in [-0.3, -0.25) is 4.79 Å². The van der Waals surface area contributed by atoms with Crippen molar-refractivity contribution in [3.8, 4) is 23.0 Å². The number of rotatable bonds is 21. The van der Waals surface area contributed by atoms with Crippen molar-refractivity contribution in [2.24, 2.45) is 22.9 Å². The number of ether oxygens (including phenoxy) is 4. The van der Waals surface area contributed by atoms with Gasteiger partial charge in [0.2, 0.25) is 11.7 Å². The monoisotopic (exact) mass is 860 g/mol. The molecule has 3 aliphatic rings. The number of aliphatic hydroxyl groups excluding tert-OH is 2. The van der Waals surface area contributed by atoms with Crippen LogP contribution >= 0.6 is 11.8 Å². The van der Waals surface area contributed by atoms with Crippen molar-refractivity contribution in [2.45, 2.75) is 80.6 Å². The molecule has 0 saturated heterocycles. The van der Waals surface area contributed by atoms with Gasteiger partial charge in [0, 0.05) is 43.1 Å². The number of carbonyl (C=O) groups excluding carboxylic acids is 1. The van der Waals surface area contributed by atoms with Gasteiger partial charge in [0.1, 0.15) is 35.6 Å². The lowest BCUT2D eigenvalue weighted by atomic mass is 9.55. The molecule has 0 bridgehead atoms. The van der Waals surface area contributed by atoms with Crippen molar-refractivity contribution >= 4 is 23.4 Å². The minimum Gasteiger partial charge on any atom is -0.497 e. The van der Waals surface area contributed by atoms with Crippen molar-refractivity contribution in [3.63, 3.8) is 0 Å². The van der Waals surface area contributed by atoms with Gasteiger partial charge < -0.3 is 38.9 Å². The van der Waals surface area contributed by atoms with Gasteiger partial charge in [-0.1, -0.05) is 72.6 Å². The Bertz CT molecular complexity index is 2180. The summed E-state index contributed by atoms with van der Waals surface area (Å²) in [6.45, 7) is 4.73. The van der Waals surface area contributed by atoms with Crippen LogP contribution in [-0.2, 0) is 27.4 Å². The van der Waals surface area contributed by atoms with E-state index in [0.29, 0.717) is 36.5 Å². The van der Waals surface area contributed by atoms with Crippen LogP contribution in [0.1, 0.15) is 67.6 Å². The van der Waals surface area contributed by atoms with Crippen LogP contribution < -0.4 is 14.2 Å². The normalized spacial score (nSPS) is 23.0. The molecular formula is C51H60N2O8S. The van der Waals surface area contributed by atoms with Gasteiger partial charge in [-0.05, 0) is 115 Å². The summed E-state index contributed by atoms with van der Waals surface area (Å²) in [7, 11) is 3.45. The van der Waals surface area contributed by atoms with Crippen molar-refractivity contribution in [3.05, 3.63) is 138 Å². The fourth-order valence-corrected chi connectivity index (χ4v) is 9.99. The molecule has 11 heteroatoms. The fraction of sp³-hybridized carbons (Fsp3) is 0.412. The topological polar surface area (TPSA) is 119 Å². The summed E-state index contributed by atoms with van der Waals surface area (Å²) < 4.78 is 26.4. The summed E-state index contributed by atoms with van der Waals surface area (Å²) in [6.07, 6.45) is 11.3. The summed E-state index contributed by atoms with van der Waals surface area (Å²) >= 11 is 1.68. The number of hydrogen-bond acceptors (Lipinski definition) is 10. The molecule has 0 radical (unpaired) electrons. The average molecular weight is 861 g/mol. The number of unbranched alkanes of at least 4 members (excludes halogenated alkanes) is 2. The molecule has 1 fully saturated rings. The quantitative estimate of drug-likeness (QED) is 0.0365. The molecule has 6 unspecified atom stereocenters. The summed E-state index contributed by atoms with van der Waals surface area (Å²) in [4.78, 5) is 23.7. The van der Waals surface area contributed by atoms with Crippen LogP contribution in [0.4, 0.5) is 0 Å². The highest BCUT2D eigenvalue weighted by atomic mass is 32.2. The summed E-state index contributed by atoms with van der Waals surface area (Å²) in [6, 6.07) is 31.0. The molecular weight excluding hydrogens is 801 g/mol. The molecule has 2 N–H and O–H groups in total. The number of nitrogens with zero attached hydrogens (tertiary/aromatic N) is 2. The van der Waals surface area contributed by atoms with Gasteiger partial charge >= 0.3 is 0 Å². The number of methoxy groups -OCH3 is 1. The largest absolute Gasteiger partial charge is 0.497 e. The Hall–Kier alpha value is -5.07. The van der Waals surface area contributed by atoms with Crippen molar-refractivity contribution in [1.29, 1.82) is 0 Å². The lowest BCUT2D eigenvalue weighted by molar-refractivity contribution is -0.255. The first-order valence-electron chi connectivity index (χ1n) is 21.8. The van der Waals surface area contributed by atoms with Crippen LogP contribution in [0.2, 0.25) is 0 Å². The Morgan fingerprint density at radius 3 is 2.39 bits per heavy atom. The number of hydrogen-bond donors (Lipinski definition) is 2. The molecule has 6 atom stereocenters. The molecule has 1 saturated carbocycles. The van der Waals surface area contributed by atoms with E-state index in [0.717, 1.165) is 64.3 Å². The minimum atomic E-state index is -1.35. The number of amides is 1. The molecule has 62 heavy (non-hydrogen) atoms. The number of thioether (sulfide) groups is 1. The molecule has 4 aromatic carbocycles. The molecule has 10 nitrogen and oxygen atoms in total. The Morgan fingerprint density at radius 2 is 1.66 bits per heavy atom. The number of aliphatic hydroxyl groups is 2. The van der Waals surface area contributed by atoms with Crippen molar-refractivity contribution in [2.75, 3.05) is 40.2 Å². The third-order valence-electron chi connectivity index (χ3n) is 12.5. The third-order valence-corrected chi connectivity index (χ3v) is 13.3. The van der Waals surface area contributed by atoms with Gasteiger partial charge in [-0.2, -0.15) is 0 Å². The van der Waals surface area contributed by atoms with Crippen molar-refractivity contribution < 1.29 is 38.8 Å². The zero-order chi connectivity index (χ0) is 43.5. The number of benzene rings is 4. The van der Waals surface area contributed by atoms with E-state index in [-0.39, 0.29) is 56.5 Å². The van der Waals surface area contributed by atoms with E-state index in [9.17, 15) is 15.0 Å². The van der Waals surface area contributed by atoms with Crippen LogP contribution in [0.25, 0.3) is 0 Å². The van der Waals surface area contributed by atoms with Gasteiger partial charge in [-0.25, -0.2) is 0 Å². The van der Waals surface area contributed by atoms with E-state index in [4.69, 9.17) is 28.9 Å². The van der Waals surface area contributed by atoms with Gasteiger partial charge in [0.25, 0.3) is 0 Å². The Labute approximate surface area is 370 Å². The molecule has 1 amide bonds. The molecule has 1 heterocycles. The van der Waals surface area contributed by atoms with Gasteiger partial charge in [0.05, 0.1) is 31.8 Å². The van der Waals surface area contributed by atoms with Gasteiger partial charge in [-0.15, -0.1) is 18.3 Å². The van der Waals surface area contributed by atoms with Crippen molar-refractivity contribution in [1.82, 2.24) is 4.90 Å². The molecule has 2 aliphatic carbocycles. The second-order valence-corrected chi connectivity index (χ2v) is 17.2. The number of likely N-dealkylation sites (N-methyl/N-ethyl adjacent to an activating group) is 1. The van der Waals surface area contributed by atoms with Gasteiger partial charge in [0.15, 0.2) is 0 Å². The van der Waals surface area contributed by atoms with E-state index in [1.165, 1.54) is 0 Å². The Kier molecular flexibility index (Phi) is 15.5. The Morgan fingerprint density at radius 1 is 0.919 bits per heavy atom. The first-order valence-corrected chi connectivity index (χ1v) is 23.0.